The van der Waals surface area contributed by atoms with Crippen LogP contribution in [0.2, 0.25) is 0 Å². The van der Waals surface area contributed by atoms with Crippen LogP contribution in [-0.2, 0) is 10.2 Å². The molecule has 1 aromatic rings. The normalized spacial score (nSPS) is 19.5. The van der Waals surface area contributed by atoms with Crippen molar-refractivity contribution < 1.29 is 4.79 Å². The van der Waals surface area contributed by atoms with Crippen LogP contribution in [0.3, 0.4) is 0 Å². The molecule has 2 aliphatic rings. The Morgan fingerprint density at radius 1 is 1.22 bits per heavy atom. The van der Waals surface area contributed by atoms with E-state index < -0.39 is 0 Å². The third kappa shape index (κ3) is 2.98. The van der Waals surface area contributed by atoms with Crippen LogP contribution in [0, 0.1) is 5.92 Å². The van der Waals surface area contributed by atoms with Gasteiger partial charge in [-0.15, -0.1) is 0 Å². The van der Waals surface area contributed by atoms with E-state index in [1.807, 2.05) is 13.8 Å². The van der Waals surface area contributed by atoms with Gasteiger partial charge in [0, 0.05) is 43.2 Å². The molecule has 1 aromatic carbocycles. The van der Waals surface area contributed by atoms with Gasteiger partial charge in [-0.25, -0.2) is 0 Å². The average molecular weight is 314 g/mol. The fourth-order valence-corrected chi connectivity index (χ4v) is 4.23. The number of carbonyl (C=O) groups excluding carboxylic acids is 1. The maximum absolute atomic E-state index is 12.3. The third-order valence-electron chi connectivity index (χ3n) is 5.62. The minimum Gasteiger partial charge on any atom is -0.370 e. The molecule has 0 aromatic heterocycles. The second kappa shape index (κ2) is 6.54. The minimum atomic E-state index is 0.112. The van der Waals surface area contributed by atoms with Gasteiger partial charge in [-0.1, -0.05) is 45.4 Å². The Hall–Kier alpha value is -1.51. The van der Waals surface area contributed by atoms with Crippen LogP contribution in [0.25, 0.3) is 0 Å². The van der Waals surface area contributed by atoms with Crippen LogP contribution in [-0.4, -0.2) is 37.0 Å². The summed E-state index contributed by atoms with van der Waals surface area (Å²) in [6.45, 7) is 10.4. The lowest BCUT2D eigenvalue weighted by atomic mass is 9.74. The van der Waals surface area contributed by atoms with E-state index in [0.717, 1.165) is 39.0 Å². The molecule has 1 amide bonds. The van der Waals surface area contributed by atoms with Crippen LogP contribution in [0.4, 0.5) is 5.69 Å². The molecule has 1 fully saturated rings. The molecule has 0 aliphatic carbocycles. The van der Waals surface area contributed by atoms with E-state index in [9.17, 15) is 4.79 Å². The first-order chi connectivity index (χ1) is 11.1. The lowest BCUT2D eigenvalue weighted by Crippen LogP contribution is -2.48. The highest BCUT2D eigenvalue weighted by Gasteiger charge is 2.44. The number of carbonyl (C=O) groups is 1. The predicted octanol–water partition coefficient (Wildman–Crippen LogP) is 3.82. The van der Waals surface area contributed by atoms with E-state index in [4.69, 9.17) is 0 Å². The molecule has 1 saturated heterocycles. The van der Waals surface area contributed by atoms with Crippen LogP contribution >= 0.6 is 0 Å². The quantitative estimate of drug-likeness (QED) is 0.843. The molecule has 126 valence electrons. The summed E-state index contributed by atoms with van der Waals surface area (Å²) >= 11 is 0. The number of hydrogen-bond acceptors (Lipinski definition) is 2. The molecule has 0 radical (unpaired) electrons. The molecule has 2 aliphatic heterocycles. The first kappa shape index (κ1) is 16.4. The Morgan fingerprint density at radius 3 is 2.57 bits per heavy atom. The van der Waals surface area contributed by atoms with Gasteiger partial charge in [0.2, 0.25) is 5.91 Å². The van der Waals surface area contributed by atoms with Crippen LogP contribution < -0.4 is 4.90 Å². The zero-order valence-electron chi connectivity index (χ0n) is 14.8. The van der Waals surface area contributed by atoms with E-state index in [1.165, 1.54) is 24.1 Å². The Labute approximate surface area is 140 Å². The molecule has 3 heteroatoms. The number of fused-ring (bicyclic) bond motifs is 2. The molecule has 0 N–H and O–H groups in total. The van der Waals surface area contributed by atoms with Crippen LogP contribution in [0.1, 0.15) is 52.0 Å². The van der Waals surface area contributed by atoms with Gasteiger partial charge in [0.15, 0.2) is 0 Å². The maximum atomic E-state index is 12.3. The maximum Gasteiger partial charge on any atom is 0.225 e. The highest BCUT2D eigenvalue weighted by Crippen LogP contribution is 2.47. The van der Waals surface area contributed by atoms with Gasteiger partial charge in [0.05, 0.1) is 0 Å². The number of nitrogens with zero attached hydrogens (tertiary/aromatic N) is 2. The molecule has 3 rings (SSSR count). The largest absolute Gasteiger partial charge is 0.370 e. The van der Waals surface area contributed by atoms with E-state index in [2.05, 4.69) is 41.0 Å². The van der Waals surface area contributed by atoms with E-state index in [0.29, 0.717) is 5.91 Å². The Morgan fingerprint density at radius 2 is 1.91 bits per heavy atom. The van der Waals surface area contributed by atoms with Crippen molar-refractivity contribution in [3.63, 3.8) is 0 Å². The number of amides is 1. The van der Waals surface area contributed by atoms with Crippen molar-refractivity contribution in [2.24, 2.45) is 5.92 Å². The van der Waals surface area contributed by atoms with Gasteiger partial charge in [-0.05, 0) is 30.9 Å². The summed E-state index contributed by atoms with van der Waals surface area (Å²) in [5.41, 5.74) is 3.22. The molecule has 1 spiro atoms. The first-order valence-corrected chi connectivity index (χ1v) is 9.20. The van der Waals surface area contributed by atoms with Crippen LogP contribution in [0.15, 0.2) is 24.3 Å². The van der Waals surface area contributed by atoms with Crippen molar-refractivity contribution in [1.82, 2.24) is 4.90 Å². The number of likely N-dealkylation sites (tertiary alicyclic amines) is 1. The number of benzene rings is 1. The number of rotatable bonds is 4. The first-order valence-electron chi connectivity index (χ1n) is 9.20. The predicted molar refractivity (Wildman–Crippen MR) is 95.9 cm³/mol. The second-order valence-corrected chi connectivity index (χ2v) is 7.55. The molecular weight excluding hydrogens is 284 g/mol. The Balaban J connectivity index is 1.77. The monoisotopic (exact) mass is 314 g/mol. The summed E-state index contributed by atoms with van der Waals surface area (Å²) in [4.78, 5) is 16.9. The zero-order chi connectivity index (χ0) is 16.4. The van der Waals surface area contributed by atoms with Crippen molar-refractivity contribution in [3.05, 3.63) is 29.8 Å². The molecule has 23 heavy (non-hydrogen) atoms. The van der Waals surface area contributed by atoms with Crippen LogP contribution in [0.5, 0.6) is 0 Å². The molecule has 0 saturated carbocycles. The molecule has 3 nitrogen and oxygen atoms in total. The number of unbranched alkanes of at least 4 members (excludes halogenated alkanes) is 1. The van der Waals surface area contributed by atoms with Gasteiger partial charge in [0.25, 0.3) is 0 Å². The summed E-state index contributed by atoms with van der Waals surface area (Å²) in [6, 6.07) is 8.94. The molecular formula is C20H30N2O. The van der Waals surface area contributed by atoms with Crippen molar-refractivity contribution in [1.29, 1.82) is 0 Å². The molecule has 0 atom stereocenters. The van der Waals surface area contributed by atoms with Crippen molar-refractivity contribution in [3.8, 4) is 0 Å². The highest BCUT2D eigenvalue weighted by molar-refractivity contribution is 5.78. The number of piperidine rings is 1. The average Bonchev–Trinajstić information content (AvgIpc) is 2.87. The molecule has 0 unspecified atom stereocenters. The lowest BCUT2D eigenvalue weighted by molar-refractivity contribution is -0.136. The highest BCUT2D eigenvalue weighted by atomic mass is 16.2. The third-order valence-corrected chi connectivity index (χ3v) is 5.62. The number of hydrogen-bond donors (Lipinski definition) is 0. The van der Waals surface area contributed by atoms with Gasteiger partial charge >= 0.3 is 0 Å². The molecule has 0 bridgehead atoms. The van der Waals surface area contributed by atoms with Gasteiger partial charge < -0.3 is 9.80 Å². The second-order valence-electron chi connectivity index (χ2n) is 7.55. The van der Waals surface area contributed by atoms with Gasteiger partial charge in [-0.3, -0.25) is 4.79 Å². The summed E-state index contributed by atoms with van der Waals surface area (Å²) in [5, 5.41) is 0. The standard InChI is InChI=1S/C20H30N2O/c1-4-5-12-22-15-20(17-8-6-7-9-18(17)22)10-13-21(14-11-20)19(23)16(2)3/h6-9,16H,4-5,10-15H2,1-3H3. The SMILES string of the molecule is CCCCN1CC2(CCN(C(=O)C(C)C)CC2)c2ccccc21. The minimum absolute atomic E-state index is 0.112. The van der Waals surface area contributed by atoms with Crippen molar-refractivity contribution in [2.75, 3.05) is 31.1 Å². The van der Waals surface area contributed by atoms with Crippen molar-refractivity contribution in [2.45, 2.75) is 51.9 Å². The fourth-order valence-electron chi connectivity index (χ4n) is 4.23. The smallest absolute Gasteiger partial charge is 0.225 e. The fraction of sp³-hybridized carbons (Fsp3) is 0.650. The number of anilines is 1. The topological polar surface area (TPSA) is 23.6 Å². The molecule has 2 heterocycles. The summed E-state index contributed by atoms with van der Waals surface area (Å²) < 4.78 is 0. The van der Waals surface area contributed by atoms with E-state index in [-0.39, 0.29) is 11.3 Å². The lowest BCUT2D eigenvalue weighted by Gasteiger charge is -2.40. The van der Waals surface area contributed by atoms with Gasteiger partial charge in [0.1, 0.15) is 0 Å². The van der Waals surface area contributed by atoms with Gasteiger partial charge in [-0.2, -0.15) is 0 Å². The Kier molecular flexibility index (Phi) is 4.65. The van der Waals surface area contributed by atoms with E-state index in [1.54, 1.807) is 0 Å². The van der Waals surface area contributed by atoms with E-state index >= 15 is 0 Å². The zero-order valence-corrected chi connectivity index (χ0v) is 14.8. The Bertz CT molecular complexity index is 559. The van der Waals surface area contributed by atoms with Crippen molar-refractivity contribution >= 4 is 11.6 Å². The summed E-state index contributed by atoms with van der Waals surface area (Å²) in [6.07, 6.45) is 4.70. The summed E-state index contributed by atoms with van der Waals surface area (Å²) in [5.74, 6) is 0.426. The summed E-state index contributed by atoms with van der Waals surface area (Å²) in [7, 11) is 0. The number of para-hydroxylation sites is 1.